The monoisotopic (exact) mass is 279 g/mol. The summed E-state index contributed by atoms with van der Waals surface area (Å²) in [6, 6.07) is 15.2. The minimum Gasteiger partial charge on any atom is -0.399 e. The molecular formula is C17H17N3O. The molecule has 1 heterocycles. The maximum atomic E-state index is 12.6. The molecule has 3 aromatic rings. The van der Waals surface area contributed by atoms with Gasteiger partial charge in [-0.25, -0.2) is 0 Å². The number of rotatable bonds is 2. The van der Waals surface area contributed by atoms with Crippen LogP contribution in [-0.2, 0) is 0 Å². The smallest absolute Gasteiger partial charge is 0.274 e. The first-order valence-corrected chi connectivity index (χ1v) is 6.78. The predicted octanol–water partition coefficient (Wildman–Crippen LogP) is 3.34. The van der Waals surface area contributed by atoms with Gasteiger partial charge < -0.3 is 15.6 Å². The van der Waals surface area contributed by atoms with Crippen molar-refractivity contribution >= 4 is 28.2 Å². The lowest BCUT2D eigenvalue weighted by atomic mass is 10.2. The Labute approximate surface area is 123 Å². The number of fused-ring (bicyclic) bond motifs is 1. The van der Waals surface area contributed by atoms with Crippen molar-refractivity contribution < 1.29 is 4.79 Å². The van der Waals surface area contributed by atoms with Gasteiger partial charge in [-0.15, -0.1) is 0 Å². The summed E-state index contributed by atoms with van der Waals surface area (Å²) in [5.74, 6) is -0.0703. The maximum Gasteiger partial charge on any atom is 0.274 e. The molecule has 0 aliphatic heterocycles. The van der Waals surface area contributed by atoms with Gasteiger partial charge in [0, 0.05) is 29.3 Å². The Hall–Kier alpha value is -2.75. The molecule has 106 valence electrons. The number of hydrogen-bond donors (Lipinski definition) is 2. The lowest BCUT2D eigenvalue weighted by molar-refractivity contribution is 0.0989. The zero-order chi connectivity index (χ0) is 15.0. The SMILES string of the molecule is Cc1ccccc1N(C)C(=O)c1cc2cc(N)ccc2[nH]1. The van der Waals surface area contributed by atoms with Crippen molar-refractivity contribution in [1.29, 1.82) is 0 Å². The number of amides is 1. The van der Waals surface area contributed by atoms with Crippen LogP contribution in [-0.4, -0.2) is 17.9 Å². The van der Waals surface area contributed by atoms with Crippen molar-refractivity contribution in [3.63, 3.8) is 0 Å². The van der Waals surface area contributed by atoms with E-state index >= 15 is 0 Å². The Bertz CT molecular complexity index is 820. The third-order valence-electron chi connectivity index (χ3n) is 3.66. The van der Waals surface area contributed by atoms with E-state index in [1.807, 2.05) is 55.5 Å². The minimum atomic E-state index is -0.0703. The number of benzene rings is 2. The predicted molar refractivity (Wildman–Crippen MR) is 86.6 cm³/mol. The van der Waals surface area contributed by atoms with Crippen LogP contribution < -0.4 is 10.6 Å². The summed E-state index contributed by atoms with van der Waals surface area (Å²) < 4.78 is 0. The fourth-order valence-corrected chi connectivity index (χ4v) is 2.50. The standard InChI is InChI=1S/C17H17N3O/c1-11-5-3-4-6-16(11)20(2)17(21)15-10-12-9-13(18)7-8-14(12)19-15/h3-10,19H,18H2,1-2H3. The Kier molecular flexibility index (Phi) is 3.14. The second-order valence-electron chi connectivity index (χ2n) is 5.18. The van der Waals surface area contributed by atoms with Crippen LogP contribution >= 0.6 is 0 Å². The van der Waals surface area contributed by atoms with E-state index in [2.05, 4.69) is 4.98 Å². The summed E-state index contributed by atoms with van der Waals surface area (Å²) >= 11 is 0. The van der Waals surface area contributed by atoms with E-state index in [1.54, 1.807) is 11.9 Å². The van der Waals surface area contributed by atoms with Crippen molar-refractivity contribution in [1.82, 2.24) is 4.98 Å². The van der Waals surface area contributed by atoms with Crippen molar-refractivity contribution in [2.24, 2.45) is 0 Å². The van der Waals surface area contributed by atoms with Gasteiger partial charge >= 0.3 is 0 Å². The molecule has 1 amide bonds. The van der Waals surface area contributed by atoms with Gasteiger partial charge in [0.15, 0.2) is 0 Å². The number of aryl methyl sites for hydroxylation is 1. The highest BCUT2D eigenvalue weighted by Crippen LogP contribution is 2.23. The van der Waals surface area contributed by atoms with Crippen LogP contribution in [0.2, 0.25) is 0 Å². The van der Waals surface area contributed by atoms with E-state index in [9.17, 15) is 4.79 Å². The third-order valence-corrected chi connectivity index (χ3v) is 3.66. The Morgan fingerprint density at radius 3 is 2.67 bits per heavy atom. The molecule has 21 heavy (non-hydrogen) atoms. The van der Waals surface area contributed by atoms with Gasteiger partial charge in [0.1, 0.15) is 5.69 Å². The number of hydrogen-bond acceptors (Lipinski definition) is 2. The molecule has 0 fully saturated rings. The molecule has 0 radical (unpaired) electrons. The first kappa shape index (κ1) is 13.2. The fourth-order valence-electron chi connectivity index (χ4n) is 2.50. The molecule has 4 nitrogen and oxygen atoms in total. The lowest BCUT2D eigenvalue weighted by Crippen LogP contribution is -2.27. The first-order valence-electron chi connectivity index (χ1n) is 6.78. The summed E-state index contributed by atoms with van der Waals surface area (Å²) in [5.41, 5.74) is 9.89. The molecule has 0 aliphatic carbocycles. The molecular weight excluding hydrogens is 262 g/mol. The van der Waals surface area contributed by atoms with Gasteiger partial charge in [0.05, 0.1) is 0 Å². The van der Waals surface area contributed by atoms with E-state index < -0.39 is 0 Å². The Balaban J connectivity index is 1.98. The number of carbonyl (C=O) groups is 1. The third kappa shape index (κ3) is 2.36. The molecule has 0 spiro atoms. The van der Waals surface area contributed by atoms with Crippen LogP contribution in [0, 0.1) is 6.92 Å². The molecule has 0 aliphatic rings. The van der Waals surface area contributed by atoms with Crippen LogP contribution in [0.15, 0.2) is 48.5 Å². The van der Waals surface area contributed by atoms with Gasteiger partial charge in [-0.1, -0.05) is 18.2 Å². The van der Waals surface area contributed by atoms with Crippen LogP contribution in [0.1, 0.15) is 16.1 Å². The van der Waals surface area contributed by atoms with Gasteiger partial charge in [0.25, 0.3) is 5.91 Å². The highest BCUT2D eigenvalue weighted by molar-refractivity contribution is 6.07. The van der Waals surface area contributed by atoms with Gasteiger partial charge in [-0.05, 0) is 42.8 Å². The average molecular weight is 279 g/mol. The van der Waals surface area contributed by atoms with Crippen molar-refractivity contribution in [2.75, 3.05) is 17.7 Å². The number of aromatic amines is 1. The molecule has 0 saturated carbocycles. The number of nitrogen functional groups attached to an aromatic ring is 1. The van der Waals surface area contributed by atoms with Crippen LogP contribution in [0.3, 0.4) is 0 Å². The molecule has 3 N–H and O–H groups in total. The summed E-state index contributed by atoms with van der Waals surface area (Å²) in [6.07, 6.45) is 0. The number of nitrogens with one attached hydrogen (secondary N) is 1. The zero-order valence-electron chi connectivity index (χ0n) is 12.1. The summed E-state index contributed by atoms with van der Waals surface area (Å²) in [6.45, 7) is 1.99. The van der Waals surface area contributed by atoms with Crippen molar-refractivity contribution in [2.45, 2.75) is 6.92 Å². The first-order chi connectivity index (χ1) is 10.1. The second-order valence-corrected chi connectivity index (χ2v) is 5.18. The van der Waals surface area contributed by atoms with Crippen molar-refractivity contribution in [3.05, 3.63) is 59.8 Å². The molecule has 3 rings (SSSR count). The highest BCUT2D eigenvalue weighted by Gasteiger charge is 2.17. The summed E-state index contributed by atoms with van der Waals surface area (Å²) in [5, 5.41) is 0.941. The van der Waals surface area contributed by atoms with Crippen LogP contribution in [0.5, 0.6) is 0 Å². The Morgan fingerprint density at radius 2 is 1.90 bits per heavy atom. The number of aromatic nitrogens is 1. The molecule has 0 saturated heterocycles. The van der Waals surface area contributed by atoms with Crippen LogP contribution in [0.25, 0.3) is 10.9 Å². The number of nitrogens with two attached hydrogens (primary N) is 1. The maximum absolute atomic E-state index is 12.6. The summed E-state index contributed by atoms with van der Waals surface area (Å²) in [4.78, 5) is 17.4. The number of nitrogens with zero attached hydrogens (tertiary/aromatic N) is 1. The van der Waals surface area contributed by atoms with Crippen molar-refractivity contribution in [3.8, 4) is 0 Å². The number of para-hydroxylation sites is 1. The van der Waals surface area contributed by atoms with Gasteiger partial charge in [0.2, 0.25) is 0 Å². The molecule has 0 atom stereocenters. The second kappa shape index (κ2) is 4.98. The minimum absolute atomic E-state index is 0.0703. The zero-order valence-corrected chi connectivity index (χ0v) is 12.1. The van der Waals surface area contributed by atoms with E-state index in [1.165, 1.54) is 0 Å². The number of carbonyl (C=O) groups excluding carboxylic acids is 1. The molecule has 2 aromatic carbocycles. The number of anilines is 2. The lowest BCUT2D eigenvalue weighted by Gasteiger charge is -2.18. The molecule has 0 unspecified atom stereocenters. The van der Waals surface area contributed by atoms with E-state index in [-0.39, 0.29) is 5.91 Å². The summed E-state index contributed by atoms with van der Waals surface area (Å²) in [7, 11) is 1.78. The molecule has 0 bridgehead atoms. The topological polar surface area (TPSA) is 62.1 Å². The normalized spacial score (nSPS) is 10.8. The van der Waals surface area contributed by atoms with Gasteiger partial charge in [-0.2, -0.15) is 0 Å². The van der Waals surface area contributed by atoms with Crippen LogP contribution in [0.4, 0.5) is 11.4 Å². The average Bonchev–Trinajstić information content (AvgIpc) is 2.89. The largest absolute Gasteiger partial charge is 0.399 e. The fraction of sp³-hybridized carbons (Fsp3) is 0.118. The van der Waals surface area contributed by atoms with E-state index in [0.29, 0.717) is 11.4 Å². The van der Waals surface area contributed by atoms with E-state index in [0.717, 1.165) is 22.2 Å². The Morgan fingerprint density at radius 1 is 1.14 bits per heavy atom. The molecule has 1 aromatic heterocycles. The number of H-pyrrole nitrogens is 1. The molecule has 4 heteroatoms. The highest BCUT2D eigenvalue weighted by atomic mass is 16.2. The quantitative estimate of drug-likeness (QED) is 0.707. The van der Waals surface area contributed by atoms with Gasteiger partial charge in [-0.3, -0.25) is 4.79 Å². The van der Waals surface area contributed by atoms with E-state index in [4.69, 9.17) is 5.73 Å².